The van der Waals surface area contributed by atoms with Gasteiger partial charge >= 0.3 is 0 Å². The van der Waals surface area contributed by atoms with Gasteiger partial charge in [-0.15, -0.1) is 11.3 Å². The highest BCUT2D eigenvalue weighted by Crippen LogP contribution is 2.24. The van der Waals surface area contributed by atoms with Gasteiger partial charge in [-0.3, -0.25) is 4.40 Å². The van der Waals surface area contributed by atoms with E-state index in [0.717, 1.165) is 16.5 Å². The number of fused-ring (bicyclic) bond motifs is 1. The van der Waals surface area contributed by atoms with Gasteiger partial charge in [0.25, 0.3) is 0 Å². The Morgan fingerprint density at radius 3 is 3.06 bits per heavy atom. The summed E-state index contributed by atoms with van der Waals surface area (Å²) in [7, 11) is 1.66. The van der Waals surface area contributed by atoms with E-state index in [-0.39, 0.29) is 6.61 Å². The zero-order valence-electron chi connectivity index (χ0n) is 10.4. The van der Waals surface area contributed by atoms with Gasteiger partial charge in [0, 0.05) is 38.3 Å². The summed E-state index contributed by atoms with van der Waals surface area (Å²) < 4.78 is 7.08. The van der Waals surface area contributed by atoms with Crippen molar-refractivity contribution in [2.75, 3.05) is 38.3 Å². The minimum absolute atomic E-state index is 0.0822. The Bertz CT molecular complexity index is 496. The van der Waals surface area contributed by atoms with Crippen LogP contribution in [-0.2, 0) is 11.3 Å². The number of aliphatic hydroxyl groups excluding tert-OH is 1. The van der Waals surface area contributed by atoms with Crippen molar-refractivity contribution in [1.29, 1.82) is 0 Å². The average molecular weight is 270 g/mol. The van der Waals surface area contributed by atoms with Crippen LogP contribution >= 0.6 is 11.3 Å². The van der Waals surface area contributed by atoms with Crippen molar-refractivity contribution in [1.82, 2.24) is 9.38 Å². The Morgan fingerprint density at radius 1 is 1.56 bits per heavy atom. The molecule has 0 aliphatic heterocycles. The van der Waals surface area contributed by atoms with Crippen LogP contribution in [0.15, 0.2) is 11.6 Å². The predicted molar refractivity (Wildman–Crippen MR) is 72.1 cm³/mol. The number of imidazole rings is 1. The number of nitrogens with two attached hydrogens (primary N) is 1. The molecule has 0 aliphatic carbocycles. The molecule has 0 fully saturated rings. The van der Waals surface area contributed by atoms with Crippen molar-refractivity contribution in [2.45, 2.75) is 6.54 Å². The van der Waals surface area contributed by atoms with Crippen LogP contribution in [0.1, 0.15) is 5.69 Å². The van der Waals surface area contributed by atoms with Crippen LogP contribution in [0.25, 0.3) is 4.96 Å². The minimum Gasteiger partial charge on any atom is -0.395 e. The van der Waals surface area contributed by atoms with Crippen molar-refractivity contribution in [3.05, 3.63) is 17.3 Å². The molecule has 6 nitrogen and oxygen atoms in total. The highest BCUT2D eigenvalue weighted by molar-refractivity contribution is 7.15. The molecule has 0 radical (unpaired) electrons. The van der Waals surface area contributed by atoms with Gasteiger partial charge in [-0.05, 0) is 0 Å². The Balaban J connectivity index is 2.32. The molecular formula is C11H18N4O2S. The van der Waals surface area contributed by atoms with Gasteiger partial charge in [-0.2, -0.15) is 0 Å². The molecule has 0 saturated heterocycles. The summed E-state index contributed by atoms with van der Waals surface area (Å²) in [4.78, 5) is 7.50. The summed E-state index contributed by atoms with van der Waals surface area (Å²) in [6.45, 7) is 2.31. The Kier molecular flexibility index (Phi) is 4.54. The summed E-state index contributed by atoms with van der Waals surface area (Å²) in [5.74, 6) is 0.843. The molecule has 0 aliphatic rings. The van der Waals surface area contributed by atoms with Crippen molar-refractivity contribution in [2.24, 2.45) is 5.73 Å². The lowest BCUT2D eigenvalue weighted by molar-refractivity contribution is 0.202. The van der Waals surface area contributed by atoms with Crippen molar-refractivity contribution in [3.8, 4) is 0 Å². The van der Waals surface area contributed by atoms with E-state index < -0.39 is 0 Å². The van der Waals surface area contributed by atoms with Crippen molar-refractivity contribution >= 4 is 22.1 Å². The number of anilines is 1. The molecule has 0 amide bonds. The maximum absolute atomic E-state index is 9.14. The number of ether oxygens (including phenoxy) is 1. The first-order chi connectivity index (χ1) is 8.81. The van der Waals surface area contributed by atoms with Crippen LogP contribution in [0.3, 0.4) is 0 Å². The first-order valence-electron chi connectivity index (χ1n) is 5.81. The molecule has 0 spiro atoms. The number of aromatic nitrogens is 2. The van der Waals surface area contributed by atoms with Crippen molar-refractivity contribution in [3.63, 3.8) is 0 Å². The van der Waals surface area contributed by atoms with Gasteiger partial charge in [0.15, 0.2) is 10.8 Å². The molecule has 2 aromatic heterocycles. The molecule has 0 aromatic carbocycles. The van der Waals surface area contributed by atoms with E-state index in [4.69, 9.17) is 15.6 Å². The number of hydrogen-bond donors (Lipinski definition) is 2. The molecule has 2 rings (SSSR count). The zero-order chi connectivity index (χ0) is 13.0. The van der Waals surface area contributed by atoms with Crippen LogP contribution in [0.4, 0.5) is 5.82 Å². The molecular weight excluding hydrogens is 252 g/mol. The maximum Gasteiger partial charge on any atom is 0.195 e. The molecule has 3 N–H and O–H groups in total. The summed E-state index contributed by atoms with van der Waals surface area (Å²) in [5, 5.41) is 11.1. The van der Waals surface area contributed by atoms with Gasteiger partial charge in [0.1, 0.15) is 0 Å². The summed E-state index contributed by atoms with van der Waals surface area (Å²) >= 11 is 1.57. The van der Waals surface area contributed by atoms with Gasteiger partial charge in [0.2, 0.25) is 0 Å². The van der Waals surface area contributed by atoms with Gasteiger partial charge in [-0.25, -0.2) is 4.98 Å². The molecule has 18 heavy (non-hydrogen) atoms. The smallest absolute Gasteiger partial charge is 0.195 e. The highest BCUT2D eigenvalue weighted by Gasteiger charge is 2.17. The van der Waals surface area contributed by atoms with E-state index in [0.29, 0.717) is 26.2 Å². The summed E-state index contributed by atoms with van der Waals surface area (Å²) in [6, 6.07) is 0. The van der Waals surface area contributed by atoms with E-state index >= 15 is 0 Å². The second-order valence-corrected chi connectivity index (χ2v) is 4.72. The van der Waals surface area contributed by atoms with Gasteiger partial charge in [0.05, 0.1) is 18.9 Å². The molecule has 2 aromatic rings. The van der Waals surface area contributed by atoms with E-state index in [1.165, 1.54) is 0 Å². The zero-order valence-corrected chi connectivity index (χ0v) is 11.2. The fourth-order valence-electron chi connectivity index (χ4n) is 1.91. The largest absolute Gasteiger partial charge is 0.395 e. The number of thiazole rings is 1. The summed E-state index contributed by atoms with van der Waals surface area (Å²) in [6.07, 6.45) is 1.96. The predicted octanol–water partition coefficient (Wildman–Crippen LogP) is 0.300. The second kappa shape index (κ2) is 6.14. The first kappa shape index (κ1) is 13.3. The third-order valence-corrected chi connectivity index (χ3v) is 3.52. The lowest BCUT2D eigenvalue weighted by atomic mass is 10.3. The molecule has 0 atom stereocenters. The Morgan fingerprint density at radius 2 is 2.39 bits per heavy atom. The number of nitrogens with zero attached hydrogens (tertiary/aromatic N) is 3. The normalized spacial score (nSPS) is 11.3. The van der Waals surface area contributed by atoms with E-state index in [2.05, 4.69) is 4.98 Å². The molecule has 100 valence electrons. The topological polar surface area (TPSA) is 76.0 Å². The lowest BCUT2D eigenvalue weighted by Gasteiger charge is -2.22. The van der Waals surface area contributed by atoms with Crippen LogP contribution in [-0.4, -0.2) is 47.9 Å². The average Bonchev–Trinajstić information content (AvgIpc) is 2.94. The fraction of sp³-hybridized carbons (Fsp3) is 0.545. The maximum atomic E-state index is 9.14. The molecule has 7 heteroatoms. The number of aliphatic hydroxyl groups is 1. The van der Waals surface area contributed by atoms with E-state index in [1.54, 1.807) is 18.4 Å². The third kappa shape index (κ3) is 2.49. The van der Waals surface area contributed by atoms with Crippen molar-refractivity contribution < 1.29 is 9.84 Å². The fourth-order valence-corrected chi connectivity index (χ4v) is 2.64. The third-order valence-electron chi connectivity index (χ3n) is 2.77. The summed E-state index contributed by atoms with van der Waals surface area (Å²) in [5.41, 5.74) is 6.77. The SMILES string of the molecule is COCCN(CCO)c1nc2sccn2c1CN. The quantitative estimate of drug-likeness (QED) is 0.757. The monoisotopic (exact) mass is 270 g/mol. The Hall–Kier alpha value is -1.15. The highest BCUT2D eigenvalue weighted by atomic mass is 32.1. The number of hydrogen-bond acceptors (Lipinski definition) is 6. The molecule has 0 saturated carbocycles. The van der Waals surface area contributed by atoms with Crippen LogP contribution in [0.5, 0.6) is 0 Å². The van der Waals surface area contributed by atoms with Crippen LogP contribution < -0.4 is 10.6 Å². The number of rotatable bonds is 7. The van der Waals surface area contributed by atoms with E-state index in [1.807, 2.05) is 20.9 Å². The van der Waals surface area contributed by atoms with Crippen LogP contribution in [0.2, 0.25) is 0 Å². The minimum atomic E-state index is 0.0822. The molecule has 2 heterocycles. The van der Waals surface area contributed by atoms with Gasteiger partial charge < -0.3 is 20.5 Å². The van der Waals surface area contributed by atoms with E-state index in [9.17, 15) is 0 Å². The lowest BCUT2D eigenvalue weighted by Crippen LogP contribution is -2.31. The standard InChI is InChI=1S/C11H18N4O2S/c1-17-6-3-14(2-5-16)10-9(8-12)15-4-7-18-11(15)13-10/h4,7,16H,2-3,5-6,8,12H2,1H3. The first-order valence-corrected chi connectivity index (χ1v) is 6.69. The number of methoxy groups -OCH3 is 1. The van der Waals surface area contributed by atoms with Gasteiger partial charge in [-0.1, -0.05) is 0 Å². The molecule has 0 bridgehead atoms. The molecule has 0 unspecified atom stereocenters. The van der Waals surface area contributed by atoms with Crippen LogP contribution in [0, 0.1) is 0 Å². The Labute approximate surface area is 110 Å². The second-order valence-electron chi connectivity index (χ2n) is 3.85.